The summed E-state index contributed by atoms with van der Waals surface area (Å²) in [7, 11) is 1.53. The number of aromatic nitrogens is 1. The second-order valence-corrected chi connectivity index (χ2v) is 5.12. The van der Waals surface area contributed by atoms with Crippen molar-refractivity contribution in [1.82, 2.24) is 4.98 Å². The van der Waals surface area contributed by atoms with Crippen LogP contribution in [0.15, 0.2) is 0 Å². The highest BCUT2D eigenvalue weighted by Crippen LogP contribution is 2.28. The van der Waals surface area contributed by atoms with Gasteiger partial charge in [0, 0.05) is 20.2 Å². The predicted molar refractivity (Wildman–Crippen MR) is 67.4 cm³/mol. The van der Waals surface area contributed by atoms with Gasteiger partial charge < -0.3 is 19.5 Å². The molecule has 2 rings (SSSR count). The third kappa shape index (κ3) is 2.80. The second kappa shape index (κ2) is 5.64. The minimum Gasteiger partial charge on any atom is -0.477 e. The van der Waals surface area contributed by atoms with Gasteiger partial charge in [-0.3, -0.25) is 0 Å². The molecule has 1 unspecified atom stereocenters. The lowest BCUT2D eigenvalue weighted by Crippen LogP contribution is -2.41. The SMILES string of the molecule is COCc1nc(N2CCOC(C)C2)sc1C(=O)O. The number of rotatable bonds is 4. The normalized spacial score (nSPS) is 20.1. The molecule has 7 heteroatoms. The molecular weight excluding hydrogens is 256 g/mol. The molecule has 0 saturated carbocycles. The van der Waals surface area contributed by atoms with Crippen molar-refractivity contribution in [1.29, 1.82) is 0 Å². The Kier molecular flexibility index (Phi) is 4.15. The summed E-state index contributed by atoms with van der Waals surface area (Å²) in [5.41, 5.74) is 0.490. The molecule has 1 N–H and O–H groups in total. The first-order chi connectivity index (χ1) is 8.61. The molecule has 1 atom stereocenters. The van der Waals surface area contributed by atoms with Crippen LogP contribution in [0.3, 0.4) is 0 Å². The lowest BCUT2D eigenvalue weighted by Gasteiger charge is -2.30. The summed E-state index contributed by atoms with van der Waals surface area (Å²) >= 11 is 1.20. The molecule has 1 fully saturated rings. The van der Waals surface area contributed by atoms with Gasteiger partial charge in [-0.1, -0.05) is 11.3 Å². The van der Waals surface area contributed by atoms with E-state index in [9.17, 15) is 4.79 Å². The molecular formula is C11H16N2O4S. The third-order valence-electron chi connectivity index (χ3n) is 2.67. The zero-order valence-electron chi connectivity index (χ0n) is 10.4. The molecule has 1 aliphatic rings. The monoisotopic (exact) mass is 272 g/mol. The van der Waals surface area contributed by atoms with Crippen LogP contribution >= 0.6 is 11.3 Å². The molecule has 1 saturated heterocycles. The van der Waals surface area contributed by atoms with Crippen molar-refractivity contribution in [2.75, 3.05) is 31.7 Å². The van der Waals surface area contributed by atoms with Gasteiger partial charge in [-0.25, -0.2) is 9.78 Å². The summed E-state index contributed by atoms with van der Waals surface area (Å²) in [5.74, 6) is -0.952. The summed E-state index contributed by atoms with van der Waals surface area (Å²) in [6, 6.07) is 0. The van der Waals surface area contributed by atoms with Crippen LogP contribution in [0.2, 0.25) is 0 Å². The third-order valence-corrected chi connectivity index (χ3v) is 3.82. The van der Waals surface area contributed by atoms with E-state index in [-0.39, 0.29) is 17.6 Å². The maximum absolute atomic E-state index is 11.1. The first kappa shape index (κ1) is 13.3. The number of morpholine rings is 1. The zero-order chi connectivity index (χ0) is 13.1. The van der Waals surface area contributed by atoms with Gasteiger partial charge in [0.2, 0.25) is 0 Å². The Morgan fingerprint density at radius 2 is 2.50 bits per heavy atom. The Bertz CT molecular complexity index is 435. The van der Waals surface area contributed by atoms with Gasteiger partial charge in [0.25, 0.3) is 0 Å². The molecule has 100 valence electrons. The fourth-order valence-corrected chi connectivity index (χ4v) is 2.81. The number of hydrogen-bond donors (Lipinski definition) is 1. The van der Waals surface area contributed by atoms with E-state index in [2.05, 4.69) is 9.88 Å². The molecule has 2 heterocycles. The number of anilines is 1. The number of ether oxygens (including phenoxy) is 2. The smallest absolute Gasteiger partial charge is 0.347 e. The summed E-state index contributed by atoms with van der Waals surface area (Å²) < 4.78 is 10.4. The number of hydrogen-bond acceptors (Lipinski definition) is 6. The van der Waals surface area contributed by atoms with Crippen molar-refractivity contribution in [2.24, 2.45) is 0 Å². The van der Waals surface area contributed by atoms with Crippen LogP contribution in [-0.2, 0) is 16.1 Å². The van der Waals surface area contributed by atoms with Crippen molar-refractivity contribution in [3.8, 4) is 0 Å². The largest absolute Gasteiger partial charge is 0.477 e. The molecule has 1 aromatic rings. The molecule has 0 amide bonds. The minimum atomic E-state index is -0.952. The fourth-order valence-electron chi connectivity index (χ4n) is 1.87. The molecule has 0 bridgehead atoms. The standard InChI is InChI=1S/C11H16N2O4S/c1-7-5-13(3-4-17-7)11-12-8(6-16-2)9(18-11)10(14)15/h7H,3-6H2,1-2H3,(H,14,15). The van der Waals surface area contributed by atoms with E-state index < -0.39 is 5.97 Å². The van der Waals surface area contributed by atoms with Crippen LogP contribution in [0.1, 0.15) is 22.3 Å². The van der Waals surface area contributed by atoms with Crippen LogP contribution in [-0.4, -0.2) is 49.0 Å². The van der Waals surface area contributed by atoms with E-state index in [0.717, 1.165) is 18.2 Å². The molecule has 6 nitrogen and oxygen atoms in total. The topological polar surface area (TPSA) is 71.9 Å². The molecule has 18 heavy (non-hydrogen) atoms. The molecule has 0 spiro atoms. The van der Waals surface area contributed by atoms with Crippen LogP contribution in [0.25, 0.3) is 0 Å². The highest BCUT2D eigenvalue weighted by atomic mass is 32.1. The van der Waals surface area contributed by atoms with Crippen molar-refractivity contribution in [2.45, 2.75) is 19.6 Å². The van der Waals surface area contributed by atoms with Gasteiger partial charge in [-0.05, 0) is 6.92 Å². The maximum Gasteiger partial charge on any atom is 0.347 e. The van der Waals surface area contributed by atoms with Crippen LogP contribution in [0, 0.1) is 0 Å². The zero-order valence-corrected chi connectivity index (χ0v) is 11.2. The molecule has 0 aliphatic carbocycles. The number of thiazole rings is 1. The molecule has 1 aromatic heterocycles. The van der Waals surface area contributed by atoms with Gasteiger partial charge in [-0.2, -0.15) is 0 Å². The summed E-state index contributed by atoms with van der Waals surface area (Å²) in [6.07, 6.45) is 0.141. The quantitative estimate of drug-likeness (QED) is 0.888. The van der Waals surface area contributed by atoms with E-state index in [4.69, 9.17) is 14.6 Å². The van der Waals surface area contributed by atoms with Crippen molar-refractivity contribution in [3.63, 3.8) is 0 Å². The highest BCUT2D eigenvalue weighted by molar-refractivity contribution is 7.17. The van der Waals surface area contributed by atoms with E-state index in [1.54, 1.807) is 0 Å². The number of carbonyl (C=O) groups is 1. The lowest BCUT2D eigenvalue weighted by molar-refractivity contribution is 0.0531. The number of nitrogens with zero attached hydrogens (tertiary/aromatic N) is 2. The summed E-state index contributed by atoms with van der Waals surface area (Å²) in [4.78, 5) is 17.8. The van der Waals surface area contributed by atoms with E-state index in [1.807, 2.05) is 6.92 Å². The molecule has 0 radical (unpaired) electrons. The average Bonchev–Trinajstić information content (AvgIpc) is 2.74. The van der Waals surface area contributed by atoms with Crippen molar-refractivity contribution in [3.05, 3.63) is 10.6 Å². The van der Waals surface area contributed by atoms with Crippen molar-refractivity contribution < 1.29 is 19.4 Å². The average molecular weight is 272 g/mol. The van der Waals surface area contributed by atoms with Crippen LogP contribution in [0.4, 0.5) is 5.13 Å². The summed E-state index contributed by atoms with van der Waals surface area (Å²) in [5, 5.41) is 9.86. The van der Waals surface area contributed by atoms with Gasteiger partial charge in [0.1, 0.15) is 4.88 Å². The lowest BCUT2D eigenvalue weighted by atomic mass is 10.3. The molecule has 1 aliphatic heterocycles. The van der Waals surface area contributed by atoms with Crippen LogP contribution < -0.4 is 4.90 Å². The first-order valence-corrected chi connectivity index (χ1v) is 6.52. The predicted octanol–water partition coefficient (Wildman–Crippen LogP) is 1.21. The van der Waals surface area contributed by atoms with E-state index in [1.165, 1.54) is 18.4 Å². The van der Waals surface area contributed by atoms with Gasteiger partial charge in [0.05, 0.1) is 25.0 Å². The van der Waals surface area contributed by atoms with Gasteiger partial charge in [0.15, 0.2) is 5.13 Å². The fraction of sp³-hybridized carbons (Fsp3) is 0.636. The van der Waals surface area contributed by atoms with Gasteiger partial charge in [-0.15, -0.1) is 0 Å². The maximum atomic E-state index is 11.1. The Balaban J connectivity index is 2.22. The number of aromatic carboxylic acids is 1. The minimum absolute atomic E-state index is 0.141. The summed E-state index contributed by atoms with van der Waals surface area (Å²) in [6.45, 7) is 4.33. The Labute approximate surface area is 109 Å². The Hall–Kier alpha value is -1.18. The Morgan fingerprint density at radius 3 is 3.11 bits per heavy atom. The van der Waals surface area contributed by atoms with E-state index in [0.29, 0.717) is 12.3 Å². The highest BCUT2D eigenvalue weighted by Gasteiger charge is 2.23. The van der Waals surface area contributed by atoms with E-state index >= 15 is 0 Å². The van der Waals surface area contributed by atoms with Gasteiger partial charge >= 0.3 is 5.97 Å². The number of methoxy groups -OCH3 is 1. The van der Waals surface area contributed by atoms with Crippen LogP contribution in [0.5, 0.6) is 0 Å². The second-order valence-electron chi connectivity index (χ2n) is 4.14. The number of carboxylic acids is 1. The van der Waals surface area contributed by atoms with Crippen molar-refractivity contribution >= 4 is 22.4 Å². The first-order valence-electron chi connectivity index (χ1n) is 5.70. The molecule has 0 aromatic carbocycles. The number of carboxylic acid groups (broad SMARTS) is 1. The Morgan fingerprint density at radius 1 is 1.72 bits per heavy atom.